The fourth-order valence-corrected chi connectivity index (χ4v) is 2.74. The number of hydrogen-bond acceptors (Lipinski definition) is 3. The molecule has 2 rings (SSSR count). The van der Waals surface area contributed by atoms with Gasteiger partial charge in [-0.1, -0.05) is 0 Å². The van der Waals surface area contributed by atoms with Crippen LogP contribution in [0.4, 0.5) is 5.69 Å². The maximum Gasteiger partial charge on any atom is 0.306 e. The number of carboxylic acids is 1. The molecule has 0 radical (unpaired) electrons. The molecule has 6 nitrogen and oxygen atoms in total. The molecule has 3 N–H and O–H groups in total. The lowest BCUT2D eigenvalue weighted by atomic mass is 10.0. The van der Waals surface area contributed by atoms with Crippen molar-refractivity contribution in [1.82, 2.24) is 5.32 Å². The highest BCUT2D eigenvalue weighted by molar-refractivity contribution is 5.96. The Balaban J connectivity index is 1.92. The molecule has 0 saturated heterocycles. The van der Waals surface area contributed by atoms with Crippen molar-refractivity contribution in [3.8, 4) is 0 Å². The van der Waals surface area contributed by atoms with Crippen LogP contribution in [0.3, 0.4) is 0 Å². The van der Waals surface area contributed by atoms with Crippen LogP contribution in [0.1, 0.15) is 43.5 Å². The van der Waals surface area contributed by atoms with Crippen molar-refractivity contribution in [2.75, 3.05) is 5.32 Å². The summed E-state index contributed by atoms with van der Waals surface area (Å²) >= 11 is 0. The molecule has 124 valence electrons. The van der Waals surface area contributed by atoms with Crippen LogP contribution in [-0.2, 0) is 9.59 Å². The summed E-state index contributed by atoms with van der Waals surface area (Å²) < 4.78 is 0. The fourth-order valence-electron chi connectivity index (χ4n) is 2.74. The number of rotatable bonds is 5. The number of aliphatic carboxylic acids is 1. The van der Waals surface area contributed by atoms with Gasteiger partial charge in [-0.25, -0.2) is 0 Å². The molecule has 2 atom stereocenters. The number of nitrogens with one attached hydrogen (secondary N) is 2. The zero-order valence-corrected chi connectivity index (χ0v) is 13.3. The van der Waals surface area contributed by atoms with E-state index in [-0.39, 0.29) is 23.8 Å². The third-order valence-corrected chi connectivity index (χ3v) is 3.99. The number of anilines is 1. The largest absolute Gasteiger partial charge is 0.481 e. The molecular weight excluding hydrogens is 296 g/mol. The number of hydrogen-bond donors (Lipinski definition) is 3. The van der Waals surface area contributed by atoms with Crippen molar-refractivity contribution in [2.24, 2.45) is 11.8 Å². The molecule has 23 heavy (non-hydrogen) atoms. The molecule has 0 aliphatic heterocycles. The lowest BCUT2D eigenvalue weighted by Gasteiger charge is -2.12. The first kappa shape index (κ1) is 17.0. The van der Waals surface area contributed by atoms with Crippen LogP contribution in [0.2, 0.25) is 0 Å². The average molecular weight is 318 g/mol. The molecule has 2 amide bonds. The van der Waals surface area contributed by atoms with Gasteiger partial charge in [-0.05, 0) is 57.4 Å². The summed E-state index contributed by atoms with van der Waals surface area (Å²) in [6.07, 6.45) is 1.52. The van der Waals surface area contributed by atoms with Gasteiger partial charge in [0.2, 0.25) is 5.91 Å². The summed E-state index contributed by atoms with van der Waals surface area (Å²) in [4.78, 5) is 34.9. The lowest BCUT2D eigenvalue weighted by molar-refractivity contribution is -0.141. The molecule has 0 spiro atoms. The first-order valence-corrected chi connectivity index (χ1v) is 7.81. The minimum Gasteiger partial charge on any atom is -0.481 e. The summed E-state index contributed by atoms with van der Waals surface area (Å²) in [5.74, 6) is -1.83. The number of benzene rings is 1. The Morgan fingerprint density at radius 1 is 1.09 bits per heavy atom. The number of carbonyl (C=O) groups excluding carboxylic acids is 2. The Morgan fingerprint density at radius 3 is 2.22 bits per heavy atom. The van der Waals surface area contributed by atoms with Gasteiger partial charge in [0.15, 0.2) is 0 Å². The van der Waals surface area contributed by atoms with E-state index in [1.165, 1.54) is 0 Å². The van der Waals surface area contributed by atoms with Crippen molar-refractivity contribution in [2.45, 2.75) is 39.2 Å². The van der Waals surface area contributed by atoms with Crippen molar-refractivity contribution in [3.05, 3.63) is 29.8 Å². The summed E-state index contributed by atoms with van der Waals surface area (Å²) in [6, 6.07) is 6.73. The smallest absolute Gasteiger partial charge is 0.306 e. The third-order valence-electron chi connectivity index (χ3n) is 3.99. The van der Waals surface area contributed by atoms with Crippen LogP contribution in [-0.4, -0.2) is 28.9 Å². The molecule has 1 aliphatic rings. The van der Waals surface area contributed by atoms with Gasteiger partial charge in [0.25, 0.3) is 5.91 Å². The van der Waals surface area contributed by atoms with Crippen LogP contribution in [0.15, 0.2) is 24.3 Å². The standard InChI is InChI=1S/C17H22N2O4/c1-10(2)18-15(20)11-5-7-14(8-6-11)19-16(21)12-3-4-13(9-12)17(22)23/h5-8,10,12-13H,3-4,9H2,1-2H3,(H,18,20)(H,19,21)(H,22,23)/t12-,13+/m1/s1. The van der Waals surface area contributed by atoms with E-state index in [0.717, 1.165) is 0 Å². The van der Waals surface area contributed by atoms with Gasteiger partial charge in [-0.2, -0.15) is 0 Å². The van der Waals surface area contributed by atoms with Crippen molar-refractivity contribution >= 4 is 23.5 Å². The van der Waals surface area contributed by atoms with E-state index in [2.05, 4.69) is 10.6 Å². The van der Waals surface area contributed by atoms with Gasteiger partial charge in [0.05, 0.1) is 5.92 Å². The van der Waals surface area contributed by atoms with Crippen LogP contribution in [0.25, 0.3) is 0 Å². The second kappa shape index (κ2) is 7.26. The van der Waals surface area contributed by atoms with Gasteiger partial charge >= 0.3 is 5.97 Å². The normalized spacial score (nSPS) is 20.3. The number of carboxylic acid groups (broad SMARTS) is 1. The SMILES string of the molecule is CC(C)NC(=O)c1ccc(NC(=O)[C@@H]2CC[C@H](C(=O)O)C2)cc1. The Hall–Kier alpha value is -2.37. The molecular formula is C17H22N2O4. The second-order valence-corrected chi connectivity index (χ2v) is 6.24. The minimum atomic E-state index is -0.833. The van der Waals surface area contributed by atoms with Crippen LogP contribution >= 0.6 is 0 Å². The molecule has 1 aromatic carbocycles. The molecule has 1 aliphatic carbocycles. The molecule has 0 aromatic heterocycles. The molecule has 1 aromatic rings. The fraction of sp³-hybridized carbons (Fsp3) is 0.471. The Morgan fingerprint density at radius 2 is 1.70 bits per heavy atom. The first-order chi connectivity index (χ1) is 10.9. The Kier molecular flexibility index (Phi) is 5.36. The van der Waals surface area contributed by atoms with E-state index in [0.29, 0.717) is 30.5 Å². The quantitative estimate of drug-likeness (QED) is 0.776. The molecule has 0 heterocycles. The topological polar surface area (TPSA) is 95.5 Å². The van der Waals surface area contributed by atoms with E-state index in [4.69, 9.17) is 5.11 Å². The summed E-state index contributed by atoms with van der Waals surface area (Å²) in [6.45, 7) is 3.77. The second-order valence-electron chi connectivity index (χ2n) is 6.24. The van der Waals surface area contributed by atoms with E-state index < -0.39 is 11.9 Å². The summed E-state index contributed by atoms with van der Waals surface area (Å²) in [7, 11) is 0. The maximum absolute atomic E-state index is 12.2. The highest BCUT2D eigenvalue weighted by Crippen LogP contribution is 2.31. The predicted octanol–water partition coefficient (Wildman–Crippen LogP) is 2.26. The zero-order chi connectivity index (χ0) is 17.0. The molecule has 6 heteroatoms. The molecule has 1 saturated carbocycles. The first-order valence-electron chi connectivity index (χ1n) is 7.81. The zero-order valence-electron chi connectivity index (χ0n) is 13.3. The van der Waals surface area contributed by atoms with Gasteiger partial charge < -0.3 is 15.7 Å². The third kappa shape index (κ3) is 4.55. The van der Waals surface area contributed by atoms with E-state index in [9.17, 15) is 14.4 Å². The minimum absolute atomic E-state index is 0.0615. The average Bonchev–Trinajstić information content (AvgIpc) is 2.97. The van der Waals surface area contributed by atoms with Crippen molar-refractivity contribution < 1.29 is 19.5 Å². The van der Waals surface area contributed by atoms with Crippen LogP contribution in [0, 0.1) is 11.8 Å². The number of amides is 2. The van der Waals surface area contributed by atoms with Gasteiger partial charge in [0, 0.05) is 23.2 Å². The summed E-state index contributed by atoms with van der Waals surface area (Å²) in [5, 5.41) is 14.6. The predicted molar refractivity (Wildman–Crippen MR) is 86.1 cm³/mol. The van der Waals surface area contributed by atoms with Crippen molar-refractivity contribution in [3.63, 3.8) is 0 Å². The van der Waals surface area contributed by atoms with Crippen molar-refractivity contribution in [1.29, 1.82) is 0 Å². The monoisotopic (exact) mass is 318 g/mol. The highest BCUT2D eigenvalue weighted by Gasteiger charge is 2.33. The molecule has 1 fully saturated rings. The lowest BCUT2D eigenvalue weighted by Crippen LogP contribution is -2.30. The van der Waals surface area contributed by atoms with Gasteiger partial charge in [-0.15, -0.1) is 0 Å². The van der Waals surface area contributed by atoms with E-state index in [1.54, 1.807) is 24.3 Å². The maximum atomic E-state index is 12.2. The highest BCUT2D eigenvalue weighted by atomic mass is 16.4. The number of carbonyl (C=O) groups is 3. The van der Waals surface area contributed by atoms with Crippen LogP contribution in [0.5, 0.6) is 0 Å². The van der Waals surface area contributed by atoms with Gasteiger partial charge in [-0.3, -0.25) is 14.4 Å². The Labute approximate surface area is 135 Å². The van der Waals surface area contributed by atoms with E-state index >= 15 is 0 Å². The Bertz CT molecular complexity index is 595. The molecule has 0 unspecified atom stereocenters. The summed E-state index contributed by atoms with van der Waals surface area (Å²) in [5.41, 5.74) is 1.14. The van der Waals surface area contributed by atoms with Crippen LogP contribution < -0.4 is 10.6 Å². The van der Waals surface area contributed by atoms with Gasteiger partial charge in [0.1, 0.15) is 0 Å². The molecule has 0 bridgehead atoms. The van der Waals surface area contributed by atoms with E-state index in [1.807, 2.05) is 13.8 Å².